The quantitative estimate of drug-likeness (QED) is 0.570. The van der Waals surface area contributed by atoms with Gasteiger partial charge in [0, 0.05) is 43.3 Å². The fraction of sp³-hybridized carbons (Fsp3) is 0.500. The Kier molecular flexibility index (Phi) is 6.64. The molecule has 0 N–H and O–H groups in total. The Hall–Kier alpha value is -1.14. The first kappa shape index (κ1) is 17.2. The van der Waals surface area contributed by atoms with Crippen LogP contribution in [0, 0.1) is 0 Å². The molecular weight excluding hydrogens is 366 g/mol. The van der Waals surface area contributed by atoms with Crippen LogP contribution < -0.4 is 0 Å². The van der Waals surface area contributed by atoms with Crippen LogP contribution in [0.5, 0.6) is 0 Å². The van der Waals surface area contributed by atoms with Crippen molar-refractivity contribution in [3.8, 4) is 0 Å². The Bertz CT molecular complexity index is 547. The van der Waals surface area contributed by atoms with Crippen molar-refractivity contribution < 1.29 is 14.3 Å². The number of hydrogen-bond donors (Lipinski definition) is 0. The Morgan fingerprint density at radius 3 is 2.73 bits per heavy atom. The molecule has 1 saturated heterocycles. The molecule has 1 fully saturated rings. The van der Waals surface area contributed by atoms with Gasteiger partial charge in [0.05, 0.1) is 3.79 Å². The minimum Gasteiger partial charge on any atom is -0.459 e. The molecule has 0 aromatic carbocycles. The second-order valence-corrected chi connectivity index (χ2v) is 7.74. The molecule has 120 valence electrons. The van der Waals surface area contributed by atoms with Crippen molar-refractivity contribution in [2.24, 2.45) is 0 Å². The van der Waals surface area contributed by atoms with Gasteiger partial charge in [-0.3, -0.25) is 4.79 Å². The zero-order chi connectivity index (χ0) is 15.9. The third-order valence-electron chi connectivity index (χ3n) is 3.52. The molecule has 2 heterocycles. The summed E-state index contributed by atoms with van der Waals surface area (Å²) in [5, 5.41) is 0. The number of halogens is 1. The number of amides is 1. The van der Waals surface area contributed by atoms with Crippen molar-refractivity contribution in [3.63, 3.8) is 0 Å². The molecule has 22 heavy (non-hydrogen) atoms. The molecule has 0 radical (unpaired) electrons. The number of nitrogens with zero attached hydrogens (tertiary/aromatic N) is 1. The lowest BCUT2D eigenvalue weighted by atomic mass is 10.1. The minimum absolute atomic E-state index is 0.0853. The number of ether oxygens (including phenoxy) is 1. The van der Waals surface area contributed by atoms with E-state index in [1.54, 1.807) is 17.4 Å². The van der Waals surface area contributed by atoms with E-state index in [0.29, 0.717) is 19.5 Å². The molecule has 1 aliphatic rings. The summed E-state index contributed by atoms with van der Waals surface area (Å²) in [4.78, 5) is 26.5. The van der Waals surface area contributed by atoms with Crippen molar-refractivity contribution in [3.05, 3.63) is 26.9 Å². The minimum atomic E-state index is -0.317. The number of thiophene rings is 1. The lowest BCUT2D eigenvalue weighted by Gasteiger charge is -2.31. The zero-order valence-corrected chi connectivity index (χ0v) is 15.0. The standard InChI is InChI=1S/C16H20BrNO3S/c1-2-3-15(19)18-10-8-12(9-11-18)21-16(20)7-5-13-4-6-14(17)22-13/h4-7,12H,2-3,8-11H2,1H3/b7-5+. The van der Waals surface area contributed by atoms with E-state index in [1.807, 2.05) is 24.0 Å². The van der Waals surface area contributed by atoms with Gasteiger partial charge < -0.3 is 9.64 Å². The first-order valence-corrected chi connectivity index (χ1v) is 9.11. The SMILES string of the molecule is CCCC(=O)N1CCC(OC(=O)/C=C/c2ccc(Br)s2)CC1. The number of piperidine rings is 1. The normalized spacial score (nSPS) is 16.2. The second-order valence-electron chi connectivity index (χ2n) is 5.24. The topological polar surface area (TPSA) is 46.6 Å². The average Bonchev–Trinajstić information content (AvgIpc) is 2.92. The van der Waals surface area contributed by atoms with Crippen molar-refractivity contribution in [1.82, 2.24) is 4.90 Å². The highest BCUT2D eigenvalue weighted by Gasteiger charge is 2.24. The van der Waals surface area contributed by atoms with Crippen LogP contribution in [0.4, 0.5) is 0 Å². The van der Waals surface area contributed by atoms with Crippen molar-refractivity contribution in [2.75, 3.05) is 13.1 Å². The summed E-state index contributed by atoms with van der Waals surface area (Å²) in [6.07, 6.45) is 6.06. The Balaban J connectivity index is 1.74. The molecule has 0 aliphatic carbocycles. The molecule has 1 aromatic heterocycles. The van der Waals surface area contributed by atoms with Gasteiger partial charge in [-0.15, -0.1) is 11.3 Å². The number of likely N-dealkylation sites (tertiary alicyclic amines) is 1. The van der Waals surface area contributed by atoms with Crippen LogP contribution in [0.1, 0.15) is 37.5 Å². The van der Waals surface area contributed by atoms with Gasteiger partial charge in [0.15, 0.2) is 0 Å². The molecule has 2 rings (SSSR count). The molecule has 1 aromatic rings. The highest BCUT2D eigenvalue weighted by atomic mass is 79.9. The van der Waals surface area contributed by atoms with Gasteiger partial charge in [-0.2, -0.15) is 0 Å². The summed E-state index contributed by atoms with van der Waals surface area (Å²) >= 11 is 4.95. The van der Waals surface area contributed by atoms with E-state index in [4.69, 9.17) is 4.74 Å². The van der Waals surface area contributed by atoms with Crippen LogP contribution in [0.25, 0.3) is 6.08 Å². The maximum absolute atomic E-state index is 11.8. The number of rotatable bonds is 5. The first-order chi connectivity index (χ1) is 10.6. The van der Waals surface area contributed by atoms with E-state index in [1.165, 1.54) is 6.08 Å². The first-order valence-electron chi connectivity index (χ1n) is 7.50. The summed E-state index contributed by atoms with van der Waals surface area (Å²) in [6, 6.07) is 3.88. The number of esters is 1. The Morgan fingerprint density at radius 2 is 2.14 bits per heavy atom. The largest absolute Gasteiger partial charge is 0.459 e. The van der Waals surface area contributed by atoms with Gasteiger partial charge in [0.1, 0.15) is 6.10 Å². The van der Waals surface area contributed by atoms with E-state index < -0.39 is 0 Å². The molecule has 0 spiro atoms. The van der Waals surface area contributed by atoms with Crippen LogP contribution in [0.3, 0.4) is 0 Å². The molecule has 1 amide bonds. The molecule has 0 saturated carbocycles. The lowest BCUT2D eigenvalue weighted by Crippen LogP contribution is -2.41. The number of carbonyl (C=O) groups excluding carboxylic acids is 2. The van der Waals surface area contributed by atoms with Gasteiger partial charge in [0.2, 0.25) is 5.91 Å². The van der Waals surface area contributed by atoms with Gasteiger partial charge in [-0.1, -0.05) is 6.92 Å². The number of hydrogen-bond acceptors (Lipinski definition) is 4. The second kappa shape index (κ2) is 8.48. The van der Waals surface area contributed by atoms with Crippen molar-refractivity contribution in [2.45, 2.75) is 38.7 Å². The van der Waals surface area contributed by atoms with E-state index in [0.717, 1.165) is 27.9 Å². The smallest absolute Gasteiger partial charge is 0.331 e. The van der Waals surface area contributed by atoms with Crippen LogP contribution in [-0.2, 0) is 14.3 Å². The molecule has 6 heteroatoms. The predicted octanol–water partition coefficient (Wildman–Crippen LogP) is 3.86. The molecule has 0 bridgehead atoms. The molecule has 4 nitrogen and oxygen atoms in total. The van der Waals surface area contributed by atoms with E-state index >= 15 is 0 Å². The summed E-state index contributed by atoms with van der Waals surface area (Å²) in [6.45, 7) is 3.36. The highest BCUT2D eigenvalue weighted by molar-refractivity contribution is 9.11. The van der Waals surface area contributed by atoms with Crippen LogP contribution in [-0.4, -0.2) is 36.0 Å². The zero-order valence-electron chi connectivity index (χ0n) is 12.6. The maximum Gasteiger partial charge on any atom is 0.331 e. The predicted molar refractivity (Wildman–Crippen MR) is 91.7 cm³/mol. The summed E-state index contributed by atoms with van der Waals surface area (Å²) in [5.74, 6) is -0.113. The third kappa shape index (κ3) is 5.25. The summed E-state index contributed by atoms with van der Waals surface area (Å²) in [5.41, 5.74) is 0. The average molecular weight is 386 g/mol. The van der Waals surface area contributed by atoms with Crippen LogP contribution >= 0.6 is 27.3 Å². The van der Waals surface area contributed by atoms with Gasteiger partial charge >= 0.3 is 5.97 Å². The Labute approximate surface area is 143 Å². The monoisotopic (exact) mass is 385 g/mol. The lowest BCUT2D eigenvalue weighted by molar-refractivity contribution is -0.146. The van der Waals surface area contributed by atoms with E-state index in [9.17, 15) is 9.59 Å². The maximum atomic E-state index is 11.8. The van der Waals surface area contributed by atoms with Crippen molar-refractivity contribution >= 4 is 45.2 Å². The van der Waals surface area contributed by atoms with Gasteiger partial charge in [-0.05, 0) is 40.6 Å². The fourth-order valence-electron chi connectivity index (χ4n) is 2.37. The fourth-order valence-corrected chi connectivity index (χ4v) is 3.69. The third-order valence-corrected chi connectivity index (χ3v) is 5.11. The van der Waals surface area contributed by atoms with Crippen LogP contribution in [0.2, 0.25) is 0 Å². The van der Waals surface area contributed by atoms with Crippen molar-refractivity contribution in [1.29, 1.82) is 0 Å². The number of carbonyl (C=O) groups is 2. The van der Waals surface area contributed by atoms with E-state index in [2.05, 4.69) is 15.9 Å². The molecular formula is C16H20BrNO3S. The van der Waals surface area contributed by atoms with E-state index in [-0.39, 0.29) is 18.0 Å². The van der Waals surface area contributed by atoms with Crippen LogP contribution in [0.15, 0.2) is 22.0 Å². The highest BCUT2D eigenvalue weighted by Crippen LogP contribution is 2.23. The molecule has 0 unspecified atom stereocenters. The molecule has 1 aliphatic heterocycles. The van der Waals surface area contributed by atoms with Gasteiger partial charge in [0.25, 0.3) is 0 Å². The summed E-state index contributed by atoms with van der Waals surface area (Å²) in [7, 11) is 0. The van der Waals surface area contributed by atoms with Gasteiger partial charge in [-0.25, -0.2) is 4.79 Å². The summed E-state index contributed by atoms with van der Waals surface area (Å²) < 4.78 is 6.47. The molecule has 0 atom stereocenters. The Morgan fingerprint density at radius 1 is 1.41 bits per heavy atom.